The molecule has 1 amide bonds. The molecule has 0 spiro atoms. The van der Waals surface area contributed by atoms with Crippen LogP contribution in [0.1, 0.15) is 32.6 Å². The highest BCUT2D eigenvalue weighted by atomic mass is 35.5. The van der Waals surface area contributed by atoms with Crippen LogP contribution in [0.4, 0.5) is 5.95 Å². The van der Waals surface area contributed by atoms with Crippen LogP contribution < -0.4 is 11.1 Å². The molecule has 0 radical (unpaired) electrons. The largest absolute Gasteiger partial charge is 0.325 e. The maximum Gasteiger partial charge on any atom is 0.231 e. The monoisotopic (exact) mass is 308 g/mol. The van der Waals surface area contributed by atoms with E-state index in [1.807, 2.05) is 31.2 Å². The molecule has 5 nitrogen and oxygen atoms in total. The highest BCUT2D eigenvalue weighted by molar-refractivity contribution is 5.93. The number of nitrogens with one attached hydrogen (secondary N) is 2. The first-order valence-electron chi connectivity index (χ1n) is 7.11. The molecule has 4 N–H and O–H groups in total. The third-order valence-corrected chi connectivity index (χ3v) is 4.20. The molecular weight excluding hydrogens is 288 g/mol. The third kappa shape index (κ3) is 3.19. The zero-order chi connectivity index (χ0) is 14.2. The Morgan fingerprint density at radius 3 is 2.90 bits per heavy atom. The van der Waals surface area contributed by atoms with Gasteiger partial charge in [-0.15, -0.1) is 12.4 Å². The van der Waals surface area contributed by atoms with Gasteiger partial charge in [0.2, 0.25) is 11.9 Å². The van der Waals surface area contributed by atoms with Gasteiger partial charge in [0, 0.05) is 5.54 Å². The number of nitrogens with two attached hydrogens (primary N) is 1. The number of amides is 1. The van der Waals surface area contributed by atoms with Gasteiger partial charge in [0.05, 0.1) is 17.0 Å². The van der Waals surface area contributed by atoms with E-state index in [2.05, 4.69) is 15.3 Å². The standard InChI is InChI=1S/C15H20N4O.ClH/c1-15(16)9-5-4-6-10(15)13(20)19-14-17-11-7-2-3-8-12(11)18-14;/h2-3,7-8,10H,4-6,9,16H2,1H3,(H2,17,18,19,20);1H. The molecule has 1 heterocycles. The molecule has 0 saturated heterocycles. The number of benzene rings is 1. The highest BCUT2D eigenvalue weighted by Crippen LogP contribution is 2.32. The number of anilines is 1. The molecule has 1 aliphatic rings. The van der Waals surface area contributed by atoms with Crippen LogP contribution >= 0.6 is 12.4 Å². The zero-order valence-electron chi connectivity index (χ0n) is 12.1. The Balaban J connectivity index is 0.00000161. The topological polar surface area (TPSA) is 83.8 Å². The predicted octanol–water partition coefficient (Wildman–Crippen LogP) is 2.83. The van der Waals surface area contributed by atoms with Crippen molar-refractivity contribution in [3.05, 3.63) is 24.3 Å². The number of rotatable bonds is 2. The highest BCUT2D eigenvalue weighted by Gasteiger charge is 2.37. The molecule has 114 valence electrons. The van der Waals surface area contributed by atoms with E-state index in [1.54, 1.807) is 0 Å². The van der Waals surface area contributed by atoms with Crippen molar-refractivity contribution >= 4 is 35.3 Å². The molecule has 2 atom stereocenters. The fourth-order valence-corrected chi connectivity index (χ4v) is 3.00. The fraction of sp³-hybridized carbons (Fsp3) is 0.467. The van der Waals surface area contributed by atoms with E-state index in [0.29, 0.717) is 5.95 Å². The number of H-pyrrole nitrogens is 1. The van der Waals surface area contributed by atoms with Gasteiger partial charge in [-0.05, 0) is 31.9 Å². The third-order valence-electron chi connectivity index (χ3n) is 4.20. The number of carbonyl (C=O) groups is 1. The second-order valence-corrected chi connectivity index (χ2v) is 5.90. The molecule has 1 aliphatic carbocycles. The molecular formula is C15H21ClN4O. The smallest absolute Gasteiger partial charge is 0.231 e. The number of hydrogen-bond donors (Lipinski definition) is 3. The van der Waals surface area contributed by atoms with Crippen LogP contribution in [0, 0.1) is 5.92 Å². The van der Waals surface area contributed by atoms with Gasteiger partial charge in [-0.1, -0.05) is 25.0 Å². The predicted molar refractivity (Wildman–Crippen MR) is 86.5 cm³/mol. The Morgan fingerprint density at radius 2 is 2.19 bits per heavy atom. The molecule has 0 bridgehead atoms. The summed E-state index contributed by atoms with van der Waals surface area (Å²) in [7, 11) is 0. The summed E-state index contributed by atoms with van der Waals surface area (Å²) in [4.78, 5) is 19.9. The number of aromatic amines is 1. The Kier molecular flexibility index (Phi) is 4.54. The zero-order valence-corrected chi connectivity index (χ0v) is 12.9. The second-order valence-electron chi connectivity index (χ2n) is 5.90. The lowest BCUT2D eigenvalue weighted by molar-refractivity contribution is -0.122. The van der Waals surface area contributed by atoms with Crippen LogP contribution in [0.25, 0.3) is 11.0 Å². The van der Waals surface area contributed by atoms with Gasteiger partial charge in [0.1, 0.15) is 0 Å². The molecule has 6 heteroatoms. The Hall–Kier alpha value is -1.59. The molecule has 2 aromatic rings. The second kappa shape index (κ2) is 6.03. The van der Waals surface area contributed by atoms with Crippen molar-refractivity contribution in [3.8, 4) is 0 Å². The lowest BCUT2D eigenvalue weighted by atomic mass is 9.74. The number of halogens is 1. The number of aromatic nitrogens is 2. The average Bonchev–Trinajstić information content (AvgIpc) is 2.80. The SMILES string of the molecule is CC1(N)CCCCC1C(=O)Nc1nc2ccccc2[nH]1.Cl. The lowest BCUT2D eigenvalue weighted by Crippen LogP contribution is -2.51. The van der Waals surface area contributed by atoms with Crippen LogP contribution in [-0.2, 0) is 4.79 Å². The minimum atomic E-state index is -0.422. The summed E-state index contributed by atoms with van der Waals surface area (Å²) < 4.78 is 0. The van der Waals surface area contributed by atoms with E-state index in [-0.39, 0.29) is 24.2 Å². The molecule has 0 aliphatic heterocycles. The van der Waals surface area contributed by atoms with Gasteiger partial charge in [0.15, 0.2) is 0 Å². The lowest BCUT2D eigenvalue weighted by Gasteiger charge is -2.36. The van der Waals surface area contributed by atoms with Crippen LogP contribution in [0.3, 0.4) is 0 Å². The van der Waals surface area contributed by atoms with E-state index in [1.165, 1.54) is 0 Å². The van der Waals surface area contributed by atoms with Crippen LogP contribution in [0.2, 0.25) is 0 Å². The van der Waals surface area contributed by atoms with Gasteiger partial charge in [-0.3, -0.25) is 10.1 Å². The first-order chi connectivity index (χ1) is 9.56. The summed E-state index contributed by atoms with van der Waals surface area (Å²) in [5.41, 5.74) is 7.61. The Labute approximate surface area is 130 Å². The Bertz CT molecular complexity index is 604. The number of fused-ring (bicyclic) bond motifs is 1. The first kappa shape index (κ1) is 15.8. The summed E-state index contributed by atoms with van der Waals surface area (Å²) in [6.45, 7) is 1.97. The van der Waals surface area contributed by atoms with Gasteiger partial charge in [0.25, 0.3) is 0 Å². The average molecular weight is 309 g/mol. The van der Waals surface area contributed by atoms with Crippen molar-refractivity contribution in [3.63, 3.8) is 0 Å². The summed E-state index contributed by atoms with van der Waals surface area (Å²) in [6, 6.07) is 7.71. The Morgan fingerprint density at radius 1 is 1.43 bits per heavy atom. The molecule has 1 fully saturated rings. The first-order valence-corrected chi connectivity index (χ1v) is 7.11. The van der Waals surface area contributed by atoms with Crippen LogP contribution in [0.15, 0.2) is 24.3 Å². The van der Waals surface area contributed by atoms with Gasteiger partial charge in [-0.25, -0.2) is 4.98 Å². The number of imidazole rings is 1. The van der Waals surface area contributed by atoms with Crippen molar-refractivity contribution in [1.29, 1.82) is 0 Å². The maximum absolute atomic E-state index is 12.4. The summed E-state index contributed by atoms with van der Waals surface area (Å²) in [6.07, 6.45) is 3.90. The maximum atomic E-state index is 12.4. The summed E-state index contributed by atoms with van der Waals surface area (Å²) in [5, 5.41) is 2.87. The normalized spacial score (nSPS) is 25.3. The van der Waals surface area contributed by atoms with Crippen molar-refractivity contribution in [2.24, 2.45) is 11.7 Å². The molecule has 1 saturated carbocycles. The van der Waals surface area contributed by atoms with Crippen molar-refractivity contribution < 1.29 is 4.79 Å². The molecule has 21 heavy (non-hydrogen) atoms. The van der Waals surface area contributed by atoms with Crippen molar-refractivity contribution in [1.82, 2.24) is 9.97 Å². The fourth-order valence-electron chi connectivity index (χ4n) is 3.00. The molecule has 1 aromatic carbocycles. The summed E-state index contributed by atoms with van der Waals surface area (Å²) in [5.74, 6) is 0.316. The molecule has 3 rings (SSSR count). The van der Waals surface area contributed by atoms with E-state index in [0.717, 1.165) is 36.7 Å². The van der Waals surface area contributed by atoms with E-state index in [9.17, 15) is 4.79 Å². The minimum absolute atomic E-state index is 0. The van der Waals surface area contributed by atoms with Gasteiger partial charge >= 0.3 is 0 Å². The van der Waals surface area contributed by atoms with Crippen molar-refractivity contribution in [2.75, 3.05) is 5.32 Å². The quantitative estimate of drug-likeness (QED) is 0.797. The number of para-hydroxylation sites is 2. The van der Waals surface area contributed by atoms with E-state index in [4.69, 9.17) is 5.73 Å². The van der Waals surface area contributed by atoms with Gasteiger partial charge in [-0.2, -0.15) is 0 Å². The molecule has 2 unspecified atom stereocenters. The minimum Gasteiger partial charge on any atom is -0.325 e. The number of carbonyl (C=O) groups excluding carboxylic acids is 1. The number of nitrogens with zero attached hydrogens (tertiary/aromatic N) is 1. The van der Waals surface area contributed by atoms with E-state index >= 15 is 0 Å². The van der Waals surface area contributed by atoms with E-state index < -0.39 is 5.54 Å². The van der Waals surface area contributed by atoms with Crippen molar-refractivity contribution in [2.45, 2.75) is 38.1 Å². The molecule has 1 aromatic heterocycles. The number of hydrogen-bond acceptors (Lipinski definition) is 3. The van der Waals surface area contributed by atoms with Gasteiger partial charge < -0.3 is 10.7 Å². The summed E-state index contributed by atoms with van der Waals surface area (Å²) >= 11 is 0. The van der Waals surface area contributed by atoms with Crippen LogP contribution in [0.5, 0.6) is 0 Å². The van der Waals surface area contributed by atoms with Crippen LogP contribution in [-0.4, -0.2) is 21.4 Å².